The first-order valence-electron chi connectivity index (χ1n) is 5.96. The molecule has 0 bridgehead atoms. The zero-order valence-electron chi connectivity index (χ0n) is 10.0. The van der Waals surface area contributed by atoms with Gasteiger partial charge < -0.3 is 0 Å². The van der Waals surface area contributed by atoms with E-state index in [-0.39, 0.29) is 11.5 Å². The van der Waals surface area contributed by atoms with Crippen molar-refractivity contribution in [2.45, 2.75) is 13.0 Å². The summed E-state index contributed by atoms with van der Waals surface area (Å²) >= 11 is 0. The van der Waals surface area contributed by atoms with Gasteiger partial charge in [0.05, 0.1) is 10.9 Å². The van der Waals surface area contributed by atoms with Gasteiger partial charge in [-0.05, 0) is 29.5 Å². The zero-order valence-corrected chi connectivity index (χ0v) is 10.0. The Morgan fingerprint density at radius 3 is 3.11 bits per heavy atom. The number of aromatic nitrogens is 2. The van der Waals surface area contributed by atoms with Crippen molar-refractivity contribution in [3.63, 3.8) is 0 Å². The minimum absolute atomic E-state index is 0.0811. The van der Waals surface area contributed by atoms with Crippen LogP contribution in [-0.2, 0) is 13.0 Å². The second-order valence-corrected chi connectivity index (χ2v) is 4.67. The average molecular weight is 257 g/mol. The van der Waals surface area contributed by atoms with Gasteiger partial charge in [-0.25, -0.2) is 4.79 Å². The van der Waals surface area contributed by atoms with Crippen molar-refractivity contribution in [1.82, 2.24) is 9.55 Å². The minimum Gasteiger partial charge on any atom is -0.293 e. The molecule has 2 heterocycles. The predicted octanol–water partition coefficient (Wildman–Crippen LogP) is 1.17. The number of azide groups is 1. The first kappa shape index (κ1) is 11.6. The Hall–Kier alpha value is -2.53. The third-order valence-corrected chi connectivity index (χ3v) is 3.45. The van der Waals surface area contributed by atoms with Crippen LogP contribution in [0.25, 0.3) is 21.3 Å². The van der Waals surface area contributed by atoms with Gasteiger partial charge in [0.25, 0.3) is 5.56 Å². The van der Waals surface area contributed by atoms with E-state index in [9.17, 15) is 9.59 Å². The summed E-state index contributed by atoms with van der Waals surface area (Å²) in [5, 5.41) is 4.10. The van der Waals surface area contributed by atoms with E-state index in [4.69, 9.17) is 5.53 Å². The SMILES string of the molecule is [N-]=[N+]=NCC1Cc2cccc3c(=O)[nH]c(=O)n(c23)C1. The Balaban J connectivity index is 2.24. The Bertz CT molecular complexity index is 813. The summed E-state index contributed by atoms with van der Waals surface area (Å²) in [6.45, 7) is 0.806. The number of rotatable bonds is 2. The van der Waals surface area contributed by atoms with Crippen LogP contribution in [0.4, 0.5) is 0 Å². The van der Waals surface area contributed by atoms with Crippen molar-refractivity contribution in [2.24, 2.45) is 11.0 Å². The number of hydrogen-bond acceptors (Lipinski definition) is 3. The highest BCUT2D eigenvalue weighted by atomic mass is 16.2. The van der Waals surface area contributed by atoms with E-state index in [0.717, 1.165) is 5.56 Å². The highest BCUT2D eigenvalue weighted by molar-refractivity contribution is 5.81. The largest absolute Gasteiger partial charge is 0.328 e. The molecule has 3 rings (SSSR count). The maximum atomic E-state index is 11.9. The van der Waals surface area contributed by atoms with Gasteiger partial charge in [0.1, 0.15) is 0 Å². The van der Waals surface area contributed by atoms with Crippen molar-refractivity contribution in [2.75, 3.05) is 6.54 Å². The smallest absolute Gasteiger partial charge is 0.293 e. The Labute approximate surface area is 107 Å². The van der Waals surface area contributed by atoms with Gasteiger partial charge in [0.15, 0.2) is 0 Å². The van der Waals surface area contributed by atoms with E-state index in [2.05, 4.69) is 15.0 Å². The van der Waals surface area contributed by atoms with Crippen LogP contribution in [-0.4, -0.2) is 16.1 Å². The minimum atomic E-state index is -0.407. The molecule has 1 unspecified atom stereocenters. The lowest BCUT2D eigenvalue weighted by atomic mass is 9.93. The maximum absolute atomic E-state index is 11.9. The molecule has 1 N–H and O–H groups in total. The number of H-pyrrole nitrogens is 1. The Morgan fingerprint density at radius 1 is 1.47 bits per heavy atom. The molecule has 1 aromatic carbocycles. The van der Waals surface area contributed by atoms with Crippen LogP contribution in [0.1, 0.15) is 5.56 Å². The summed E-state index contributed by atoms with van der Waals surface area (Å²) in [4.78, 5) is 28.7. The second-order valence-electron chi connectivity index (χ2n) is 4.67. The fourth-order valence-electron chi connectivity index (χ4n) is 2.67. The van der Waals surface area contributed by atoms with Gasteiger partial charge in [-0.1, -0.05) is 17.2 Å². The summed E-state index contributed by atoms with van der Waals surface area (Å²) < 4.78 is 1.56. The fraction of sp³-hybridized carbons (Fsp3) is 0.333. The van der Waals surface area contributed by atoms with Crippen molar-refractivity contribution in [3.8, 4) is 0 Å². The second kappa shape index (κ2) is 4.29. The van der Waals surface area contributed by atoms with Gasteiger partial charge in [-0.15, -0.1) is 0 Å². The lowest BCUT2D eigenvalue weighted by Crippen LogP contribution is -2.36. The highest BCUT2D eigenvalue weighted by Crippen LogP contribution is 2.24. The third-order valence-electron chi connectivity index (χ3n) is 3.45. The molecule has 19 heavy (non-hydrogen) atoms. The van der Waals surface area contributed by atoms with E-state index in [1.165, 1.54) is 0 Å². The van der Waals surface area contributed by atoms with Crippen LogP contribution in [0.3, 0.4) is 0 Å². The van der Waals surface area contributed by atoms with Crippen LogP contribution < -0.4 is 11.2 Å². The first-order valence-corrected chi connectivity index (χ1v) is 5.96. The van der Waals surface area contributed by atoms with Crippen LogP contribution in [0.5, 0.6) is 0 Å². The number of nitrogens with one attached hydrogen (secondary N) is 1. The molecule has 1 atom stereocenters. The molecule has 0 saturated heterocycles. The standard InChI is InChI=1S/C12H11N5O2/c13-16-14-5-7-4-8-2-1-3-9-10(8)17(6-7)12(19)15-11(9)18/h1-3,7H,4-6H2,(H,15,18,19). The molecule has 7 heteroatoms. The van der Waals surface area contributed by atoms with Crippen LogP contribution >= 0.6 is 0 Å². The van der Waals surface area contributed by atoms with E-state index in [1.807, 2.05) is 6.07 Å². The van der Waals surface area contributed by atoms with E-state index in [1.54, 1.807) is 16.7 Å². The molecule has 0 amide bonds. The quantitative estimate of drug-likeness (QED) is 0.495. The highest BCUT2D eigenvalue weighted by Gasteiger charge is 2.22. The van der Waals surface area contributed by atoms with E-state index >= 15 is 0 Å². The van der Waals surface area contributed by atoms with Gasteiger partial charge in [-0.3, -0.25) is 14.3 Å². The first-order chi connectivity index (χ1) is 9.20. The maximum Gasteiger partial charge on any atom is 0.328 e. The van der Waals surface area contributed by atoms with E-state index < -0.39 is 5.69 Å². The molecule has 7 nitrogen and oxygen atoms in total. The van der Waals surface area contributed by atoms with Crippen molar-refractivity contribution < 1.29 is 0 Å². The lowest BCUT2D eigenvalue weighted by Gasteiger charge is -2.24. The van der Waals surface area contributed by atoms with Crippen molar-refractivity contribution in [1.29, 1.82) is 0 Å². The summed E-state index contributed by atoms with van der Waals surface area (Å²) in [7, 11) is 0. The number of para-hydroxylation sites is 1. The zero-order chi connectivity index (χ0) is 13.4. The molecule has 1 aliphatic heterocycles. The normalized spacial score (nSPS) is 17.2. The van der Waals surface area contributed by atoms with Crippen molar-refractivity contribution in [3.05, 3.63) is 55.0 Å². The summed E-state index contributed by atoms with van der Waals surface area (Å²) in [6, 6.07) is 5.42. The molecule has 0 radical (unpaired) electrons. The molecule has 96 valence electrons. The van der Waals surface area contributed by atoms with Gasteiger partial charge in [0, 0.05) is 18.0 Å². The van der Waals surface area contributed by atoms with Gasteiger partial charge in [-0.2, -0.15) is 0 Å². The summed E-state index contributed by atoms with van der Waals surface area (Å²) in [5.74, 6) is 0.0811. The molecular formula is C12H11N5O2. The van der Waals surface area contributed by atoms with Gasteiger partial charge in [0.2, 0.25) is 0 Å². The number of aromatic amines is 1. The molecule has 0 saturated carbocycles. The molecule has 2 aromatic rings. The van der Waals surface area contributed by atoms with E-state index in [0.29, 0.717) is 30.4 Å². The average Bonchev–Trinajstić information content (AvgIpc) is 2.42. The fourth-order valence-corrected chi connectivity index (χ4v) is 2.67. The molecule has 1 aromatic heterocycles. The van der Waals surface area contributed by atoms with Crippen molar-refractivity contribution >= 4 is 10.9 Å². The molecule has 0 aliphatic carbocycles. The Kier molecular flexibility index (Phi) is 2.61. The van der Waals surface area contributed by atoms with Crippen LogP contribution in [0.2, 0.25) is 0 Å². The summed E-state index contributed by atoms with van der Waals surface area (Å²) in [6.07, 6.45) is 0.708. The predicted molar refractivity (Wildman–Crippen MR) is 70.0 cm³/mol. The number of benzene rings is 1. The molecular weight excluding hydrogens is 246 g/mol. The number of nitrogens with zero attached hydrogens (tertiary/aromatic N) is 4. The molecule has 0 fully saturated rings. The molecule has 1 aliphatic rings. The topological polar surface area (TPSA) is 104 Å². The monoisotopic (exact) mass is 257 g/mol. The number of hydrogen-bond donors (Lipinski definition) is 1. The Morgan fingerprint density at radius 2 is 2.32 bits per heavy atom. The molecule has 0 spiro atoms. The van der Waals surface area contributed by atoms with Crippen LogP contribution in [0, 0.1) is 5.92 Å². The van der Waals surface area contributed by atoms with Gasteiger partial charge >= 0.3 is 5.69 Å². The summed E-state index contributed by atoms with van der Waals surface area (Å²) in [5.41, 5.74) is 9.27. The third kappa shape index (κ3) is 1.80. The lowest BCUT2D eigenvalue weighted by molar-refractivity contribution is 0.429. The van der Waals surface area contributed by atoms with Crippen LogP contribution in [0.15, 0.2) is 32.9 Å².